The van der Waals surface area contributed by atoms with Crippen molar-refractivity contribution < 1.29 is 24.1 Å². The number of benzene rings is 1. The normalized spacial score (nSPS) is 21.7. The Morgan fingerprint density at radius 3 is 2.78 bits per heavy atom. The van der Waals surface area contributed by atoms with E-state index in [2.05, 4.69) is 4.90 Å². The van der Waals surface area contributed by atoms with Crippen LogP contribution in [0.4, 0.5) is 4.39 Å². The van der Waals surface area contributed by atoms with E-state index < -0.39 is 11.6 Å². The minimum atomic E-state index is -1.90. The number of aliphatic hydroxyl groups is 2. The van der Waals surface area contributed by atoms with E-state index in [0.29, 0.717) is 42.1 Å². The molecule has 37 heavy (non-hydrogen) atoms. The first-order valence-corrected chi connectivity index (χ1v) is 12.8. The first kappa shape index (κ1) is 24.2. The van der Waals surface area contributed by atoms with Crippen LogP contribution in [-0.2, 0) is 34.7 Å². The zero-order valence-electron chi connectivity index (χ0n) is 21.2. The van der Waals surface area contributed by atoms with Crippen LogP contribution in [0.25, 0.3) is 22.3 Å². The molecule has 0 amide bonds. The smallest absolute Gasteiger partial charge is 0.343 e. The van der Waals surface area contributed by atoms with Crippen LogP contribution in [0.5, 0.6) is 0 Å². The van der Waals surface area contributed by atoms with Gasteiger partial charge >= 0.3 is 5.97 Å². The van der Waals surface area contributed by atoms with Crippen molar-refractivity contribution >= 4 is 16.9 Å². The molecule has 8 nitrogen and oxygen atoms in total. The number of pyridine rings is 2. The van der Waals surface area contributed by atoms with Gasteiger partial charge in [0, 0.05) is 35.7 Å². The number of ether oxygens (including phenoxy) is 1. The van der Waals surface area contributed by atoms with Crippen molar-refractivity contribution in [1.82, 2.24) is 14.5 Å². The molecule has 0 fully saturated rings. The molecule has 1 aromatic carbocycles. The molecule has 2 atom stereocenters. The maximum atomic E-state index is 15.0. The number of aliphatic hydroxyl groups excluding tert-OH is 1. The molecule has 0 bridgehead atoms. The number of carbonyl (C=O) groups excluding carboxylic acids is 1. The van der Waals surface area contributed by atoms with Crippen LogP contribution in [0.3, 0.4) is 0 Å². The first-order chi connectivity index (χ1) is 17.7. The molecular weight excluding hydrogens is 477 g/mol. The monoisotopic (exact) mass is 507 g/mol. The summed E-state index contributed by atoms with van der Waals surface area (Å²) in [6.45, 7) is 4.91. The Balaban J connectivity index is 1.63. The Kier molecular flexibility index (Phi) is 5.52. The summed E-state index contributed by atoms with van der Waals surface area (Å²) >= 11 is 0. The second kappa shape index (κ2) is 8.44. The van der Waals surface area contributed by atoms with Gasteiger partial charge in [-0.15, -0.1) is 0 Å². The van der Waals surface area contributed by atoms with Gasteiger partial charge < -0.3 is 24.4 Å². The summed E-state index contributed by atoms with van der Waals surface area (Å²) in [6, 6.07) is 3.16. The van der Waals surface area contributed by atoms with Crippen molar-refractivity contribution in [3.63, 3.8) is 0 Å². The number of nitrogens with zero attached hydrogens (tertiary/aromatic N) is 3. The molecule has 6 rings (SSSR count). The number of fused-ring (bicyclic) bond motifs is 5. The predicted molar refractivity (Wildman–Crippen MR) is 135 cm³/mol. The molecule has 2 aromatic heterocycles. The summed E-state index contributed by atoms with van der Waals surface area (Å²) in [4.78, 5) is 33.1. The van der Waals surface area contributed by atoms with Gasteiger partial charge in [-0.05, 0) is 61.9 Å². The van der Waals surface area contributed by atoms with Gasteiger partial charge in [-0.25, -0.2) is 14.2 Å². The van der Waals surface area contributed by atoms with Crippen LogP contribution < -0.4 is 5.56 Å². The molecule has 2 aliphatic heterocycles. The SMILES string of the molecule is CC[C@@]1(O)C(=O)OCc2c1cc1n(c2=O)Cc2c-1nc1cc(F)c(C)c3c1c2C(CN(C)CCO)CC3. The van der Waals surface area contributed by atoms with E-state index in [1.165, 1.54) is 6.07 Å². The molecule has 0 saturated heterocycles. The highest BCUT2D eigenvalue weighted by molar-refractivity contribution is 5.93. The van der Waals surface area contributed by atoms with Gasteiger partial charge in [-0.2, -0.15) is 0 Å². The Labute approximate surface area is 213 Å². The van der Waals surface area contributed by atoms with Gasteiger partial charge in [0.1, 0.15) is 12.4 Å². The zero-order valence-corrected chi connectivity index (χ0v) is 21.2. The van der Waals surface area contributed by atoms with Crippen molar-refractivity contribution in [3.05, 3.63) is 61.7 Å². The molecule has 3 aliphatic rings. The zero-order chi connectivity index (χ0) is 26.2. The summed E-state index contributed by atoms with van der Waals surface area (Å²) in [5.41, 5.74) is 3.58. The van der Waals surface area contributed by atoms with Gasteiger partial charge in [-0.3, -0.25) is 4.79 Å². The summed E-state index contributed by atoms with van der Waals surface area (Å²) in [5.74, 6) is -0.952. The fourth-order valence-electron chi connectivity index (χ4n) is 6.47. The molecule has 0 saturated carbocycles. The van der Waals surface area contributed by atoms with Crippen LogP contribution in [-0.4, -0.2) is 57.4 Å². The van der Waals surface area contributed by atoms with E-state index in [9.17, 15) is 24.2 Å². The number of rotatable bonds is 5. The molecule has 194 valence electrons. The maximum Gasteiger partial charge on any atom is 0.343 e. The molecule has 0 radical (unpaired) electrons. The van der Waals surface area contributed by atoms with Crippen LogP contribution in [0, 0.1) is 12.7 Å². The summed E-state index contributed by atoms with van der Waals surface area (Å²) in [7, 11) is 1.97. The van der Waals surface area contributed by atoms with Crippen molar-refractivity contribution in [2.45, 2.75) is 57.8 Å². The third-order valence-electron chi connectivity index (χ3n) is 8.51. The molecule has 1 unspecified atom stereocenters. The number of esters is 1. The number of cyclic esters (lactones) is 1. The fourth-order valence-corrected chi connectivity index (χ4v) is 6.47. The van der Waals surface area contributed by atoms with E-state index in [-0.39, 0.29) is 48.1 Å². The Morgan fingerprint density at radius 2 is 2.05 bits per heavy atom. The number of carbonyl (C=O) groups is 1. The second-order valence-corrected chi connectivity index (χ2v) is 10.5. The van der Waals surface area contributed by atoms with Crippen molar-refractivity contribution in [3.8, 4) is 11.4 Å². The second-order valence-electron chi connectivity index (χ2n) is 10.5. The van der Waals surface area contributed by atoms with Gasteiger partial charge in [0.25, 0.3) is 5.56 Å². The highest BCUT2D eigenvalue weighted by atomic mass is 19.1. The van der Waals surface area contributed by atoms with E-state index in [1.54, 1.807) is 24.5 Å². The average molecular weight is 508 g/mol. The average Bonchev–Trinajstić information content (AvgIpc) is 3.24. The molecule has 2 N–H and O–H groups in total. The van der Waals surface area contributed by atoms with E-state index >= 15 is 0 Å². The lowest BCUT2D eigenvalue weighted by Gasteiger charge is -2.32. The van der Waals surface area contributed by atoms with Crippen LogP contribution >= 0.6 is 0 Å². The lowest BCUT2D eigenvalue weighted by Crippen LogP contribution is -2.44. The van der Waals surface area contributed by atoms with E-state index in [4.69, 9.17) is 9.72 Å². The number of hydrogen-bond donors (Lipinski definition) is 2. The molecule has 3 aromatic rings. The van der Waals surface area contributed by atoms with Crippen molar-refractivity contribution in [1.29, 1.82) is 0 Å². The van der Waals surface area contributed by atoms with Crippen molar-refractivity contribution in [2.24, 2.45) is 0 Å². The largest absolute Gasteiger partial charge is 0.458 e. The standard InChI is InChI=1S/C28H30FN3O5/c1-4-28(36)19-9-22-25-17(12-32(22)26(34)18(19)13-37-27(28)35)23-15(11-31(3)7-8-33)5-6-16-14(2)20(29)10-21(30-25)24(16)23/h9-10,15,33,36H,4-8,11-13H2,1-3H3/t15?,28-/m0/s1. The first-order valence-electron chi connectivity index (χ1n) is 12.8. The van der Waals surface area contributed by atoms with Gasteiger partial charge in [0.2, 0.25) is 0 Å². The minimum Gasteiger partial charge on any atom is -0.458 e. The highest BCUT2D eigenvalue weighted by Gasteiger charge is 2.46. The lowest BCUT2D eigenvalue weighted by molar-refractivity contribution is -0.172. The number of likely N-dealkylation sites (N-methyl/N-ethyl adjacent to an activating group) is 1. The molecule has 9 heteroatoms. The summed E-state index contributed by atoms with van der Waals surface area (Å²) in [5, 5.41) is 21.6. The quantitative estimate of drug-likeness (QED) is 0.400. The third-order valence-corrected chi connectivity index (χ3v) is 8.51. The number of aromatic nitrogens is 2. The summed E-state index contributed by atoms with van der Waals surface area (Å²) < 4.78 is 21.8. The van der Waals surface area contributed by atoms with Gasteiger partial charge in [0.15, 0.2) is 5.60 Å². The maximum absolute atomic E-state index is 15.0. The van der Waals surface area contributed by atoms with Gasteiger partial charge in [-0.1, -0.05) is 6.92 Å². The minimum absolute atomic E-state index is 0.0571. The topological polar surface area (TPSA) is 105 Å². The van der Waals surface area contributed by atoms with Crippen molar-refractivity contribution in [2.75, 3.05) is 26.7 Å². The molecule has 0 spiro atoms. The van der Waals surface area contributed by atoms with E-state index in [0.717, 1.165) is 34.9 Å². The lowest BCUT2D eigenvalue weighted by atomic mass is 9.78. The number of halogens is 1. The van der Waals surface area contributed by atoms with Crippen LogP contribution in [0.1, 0.15) is 59.1 Å². The van der Waals surface area contributed by atoms with E-state index in [1.807, 2.05) is 7.05 Å². The number of hydrogen-bond acceptors (Lipinski definition) is 7. The van der Waals surface area contributed by atoms with Crippen LogP contribution in [0.2, 0.25) is 0 Å². The predicted octanol–water partition coefficient (Wildman–Crippen LogP) is 2.48. The summed E-state index contributed by atoms with van der Waals surface area (Å²) in [6.07, 6.45) is 1.62. The Bertz CT molecular complexity index is 1550. The molecule has 4 heterocycles. The van der Waals surface area contributed by atoms with Crippen LogP contribution in [0.15, 0.2) is 16.9 Å². The highest BCUT2D eigenvalue weighted by Crippen LogP contribution is 2.46. The molecule has 1 aliphatic carbocycles. The number of aryl methyl sites for hydroxylation is 1. The molecular formula is C28H30FN3O5. The third kappa shape index (κ3) is 3.34. The Morgan fingerprint density at radius 1 is 1.27 bits per heavy atom. The fraction of sp³-hybridized carbons (Fsp3) is 0.464. The van der Waals surface area contributed by atoms with Gasteiger partial charge in [0.05, 0.1) is 35.6 Å². The Hall–Kier alpha value is -3.14.